The van der Waals surface area contributed by atoms with Crippen LogP contribution in [0, 0.1) is 10.1 Å². The van der Waals surface area contributed by atoms with Gasteiger partial charge in [0.2, 0.25) is 5.69 Å². The number of aromatic nitrogens is 2. The number of rotatable bonds is 7. The van der Waals surface area contributed by atoms with E-state index >= 15 is 0 Å². The summed E-state index contributed by atoms with van der Waals surface area (Å²) in [5, 5.41) is 19.2. The van der Waals surface area contributed by atoms with E-state index in [4.69, 9.17) is 4.74 Å². The fourth-order valence-electron chi connectivity index (χ4n) is 2.55. The predicted molar refractivity (Wildman–Crippen MR) is 110 cm³/mol. The van der Waals surface area contributed by atoms with Crippen molar-refractivity contribution in [2.45, 2.75) is 6.54 Å². The lowest BCUT2D eigenvalue weighted by molar-refractivity contribution is -0.385. The molecular formula is C19H16BrN5O4. The number of para-hydroxylation sites is 1. The molecule has 0 aliphatic rings. The lowest BCUT2D eigenvalue weighted by Crippen LogP contribution is -2.19. The van der Waals surface area contributed by atoms with Gasteiger partial charge in [-0.2, -0.15) is 10.2 Å². The highest BCUT2D eigenvalue weighted by Gasteiger charge is 2.25. The maximum Gasteiger partial charge on any atom is 0.320 e. The molecular weight excluding hydrogens is 442 g/mol. The predicted octanol–water partition coefficient (Wildman–Crippen LogP) is 3.37. The Labute approximate surface area is 174 Å². The minimum absolute atomic E-state index is 0.284. The molecule has 3 aromatic rings. The zero-order chi connectivity index (χ0) is 20.8. The fourth-order valence-corrected chi connectivity index (χ4v) is 2.81. The number of ether oxygens (including phenoxy) is 1. The Hall–Kier alpha value is -3.53. The largest absolute Gasteiger partial charge is 0.496 e. The van der Waals surface area contributed by atoms with Crippen LogP contribution in [0.3, 0.4) is 0 Å². The Morgan fingerprint density at radius 3 is 2.72 bits per heavy atom. The monoisotopic (exact) mass is 457 g/mol. The molecule has 0 saturated heterocycles. The highest BCUT2D eigenvalue weighted by atomic mass is 79.9. The number of halogens is 1. The molecule has 1 heterocycles. The smallest absolute Gasteiger partial charge is 0.320 e. The van der Waals surface area contributed by atoms with Gasteiger partial charge in [0.15, 0.2) is 0 Å². The van der Waals surface area contributed by atoms with Gasteiger partial charge in [0, 0.05) is 10.0 Å². The average Bonchev–Trinajstić information content (AvgIpc) is 3.14. The summed E-state index contributed by atoms with van der Waals surface area (Å²) in [6.45, 7) is 0.284. The van der Waals surface area contributed by atoms with Crippen LogP contribution in [0.5, 0.6) is 5.75 Å². The summed E-state index contributed by atoms with van der Waals surface area (Å²) in [6.07, 6.45) is 2.61. The highest BCUT2D eigenvalue weighted by Crippen LogP contribution is 2.19. The zero-order valence-corrected chi connectivity index (χ0v) is 16.9. The molecule has 1 N–H and O–H groups in total. The number of benzene rings is 2. The van der Waals surface area contributed by atoms with Gasteiger partial charge in [-0.15, -0.1) is 0 Å². The third-order valence-corrected chi connectivity index (χ3v) is 4.45. The van der Waals surface area contributed by atoms with Crippen molar-refractivity contribution in [3.05, 3.63) is 86.1 Å². The number of amides is 1. The van der Waals surface area contributed by atoms with Gasteiger partial charge in [-0.3, -0.25) is 19.6 Å². The second kappa shape index (κ2) is 9.11. The number of methoxy groups -OCH3 is 1. The first kappa shape index (κ1) is 20.2. The number of nitrogens with zero attached hydrogens (tertiary/aromatic N) is 4. The van der Waals surface area contributed by atoms with Crippen molar-refractivity contribution >= 4 is 33.7 Å². The van der Waals surface area contributed by atoms with E-state index in [1.54, 1.807) is 24.3 Å². The van der Waals surface area contributed by atoms with Gasteiger partial charge < -0.3 is 4.74 Å². The van der Waals surface area contributed by atoms with Crippen LogP contribution in [-0.4, -0.2) is 33.9 Å². The van der Waals surface area contributed by atoms with Gasteiger partial charge in [0.1, 0.15) is 11.9 Å². The molecule has 29 heavy (non-hydrogen) atoms. The molecule has 0 unspecified atom stereocenters. The lowest BCUT2D eigenvalue weighted by atomic mass is 10.2. The molecule has 0 radical (unpaired) electrons. The number of carbonyl (C=O) groups excluding carboxylic acids is 1. The first-order valence-electron chi connectivity index (χ1n) is 8.40. The summed E-state index contributed by atoms with van der Waals surface area (Å²) in [7, 11) is 1.52. The molecule has 1 amide bonds. The summed E-state index contributed by atoms with van der Waals surface area (Å²) in [4.78, 5) is 23.1. The number of nitrogens with one attached hydrogen (secondary N) is 1. The summed E-state index contributed by atoms with van der Waals surface area (Å²) in [5.74, 6) is -0.201. The van der Waals surface area contributed by atoms with Gasteiger partial charge in [-0.05, 0) is 29.8 Å². The van der Waals surface area contributed by atoms with Crippen molar-refractivity contribution in [3.63, 3.8) is 0 Å². The molecule has 2 aromatic carbocycles. The molecule has 0 atom stereocenters. The van der Waals surface area contributed by atoms with Gasteiger partial charge in [-0.1, -0.05) is 40.2 Å². The van der Waals surface area contributed by atoms with Crippen molar-refractivity contribution < 1.29 is 14.5 Å². The standard InChI is InChI=1S/C19H16BrN5O4/c1-29-17-5-3-2-4-14(17)10-21-22-19(26)18-16(25(27)28)12-24(23-18)11-13-6-8-15(20)9-7-13/h2-10,12H,11H2,1H3,(H,22,26)/b21-10+. The van der Waals surface area contributed by atoms with E-state index < -0.39 is 16.5 Å². The van der Waals surface area contributed by atoms with E-state index in [1.165, 1.54) is 24.2 Å². The number of hydrogen-bond donors (Lipinski definition) is 1. The van der Waals surface area contributed by atoms with Crippen LogP contribution in [0.15, 0.2) is 64.3 Å². The third-order valence-electron chi connectivity index (χ3n) is 3.92. The van der Waals surface area contributed by atoms with Gasteiger partial charge in [0.25, 0.3) is 5.91 Å². The Morgan fingerprint density at radius 2 is 2.03 bits per heavy atom. The highest BCUT2D eigenvalue weighted by molar-refractivity contribution is 9.10. The van der Waals surface area contributed by atoms with Crippen LogP contribution in [0.2, 0.25) is 0 Å². The second-order valence-corrected chi connectivity index (χ2v) is 6.80. The topological polar surface area (TPSA) is 112 Å². The van der Waals surface area contributed by atoms with Crippen molar-refractivity contribution in [3.8, 4) is 5.75 Å². The summed E-state index contributed by atoms with van der Waals surface area (Å²) >= 11 is 3.35. The minimum atomic E-state index is -0.780. The van der Waals surface area contributed by atoms with E-state index in [2.05, 4.69) is 31.6 Å². The maximum absolute atomic E-state index is 12.4. The number of hydrogen-bond acceptors (Lipinski definition) is 6. The molecule has 0 spiro atoms. The third kappa shape index (κ3) is 5.05. The zero-order valence-electron chi connectivity index (χ0n) is 15.3. The van der Waals surface area contributed by atoms with Crippen molar-refractivity contribution in [2.24, 2.45) is 5.10 Å². The molecule has 148 valence electrons. The summed E-state index contributed by atoms with van der Waals surface area (Å²) in [6, 6.07) is 14.5. The Bertz CT molecular complexity index is 1060. The molecule has 9 nitrogen and oxygen atoms in total. The number of nitro groups is 1. The maximum atomic E-state index is 12.4. The quantitative estimate of drug-likeness (QED) is 0.332. The summed E-state index contributed by atoms with van der Waals surface area (Å²) in [5.41, 5.74) is 3.08. The second-order valence-electron chi connectivity index (χ2n) is 5.89. The van der Waals surface area contributed by atoms with Gasteiger partial charge >= 0.3 is 5.69 Å². The van der Waals surface area contributed by atoms with Crippen LogP contribution in [0.1, 0.15) is 21.6 Å². The van der Waals surface area contributed by atoms with Crippen molar-refractivity contribution in [2.75, 3.05) is 7.11 Å². The molecule has 0 saturated carbocycles. The molecule has 0 aliphatic carbocycles. The first-order chi connectivity index (χ1) is 14.0. The Balaban J connectivity index is 1.77. The molecule has 0 fully saturated rings. The lowest BCUT2D eigenvalue weighted by Gasteiger charge is -2.03. The molecule has 10 heteroatoms. The Morgan fingerprint density at radius 1 is 1.31 bits per heavy atom. The van der Waals surface area contributed by atoms with Gasteiger partial charge in [-0.25, -0.2) is 5.43 Å². The van der Waals surface area contributed by atoms with Crippen LogP contribution in [0.25, 0.3) is 0 Å². The average molecular weight is 458 g/mol. The van der Waals surface area contributed by atoms with Crippen LogP contribution < -0.4 is 10.2 Å². The Kier molecular flexibility index (Phi) is 6.35. The van der Waals surface area contributed by atoms with Crippen LogP contribution >= 0.6 is 15.9 Å². The van der Waals surface area contributed by atoms with Gasteiger partial charge in [0.05, 0.1) is 24.8 Å². The van der Waals surface area contributed by atoms with E-state index in [9.17, 15) is 14.9 Å². The number of hydrazone groups is 1. The summed E-state index contributed by atoms with van der Waals surface area (Å²) < 4.78 is 7.46. The van der Waals surface area contributed by atoms with E-state index in [1.807, 2.05) is 24.3 Å². The van der Waals surface area contributed by atoms with Crippen LogP contribution in [0.4, 0.5) is 5.69 Å². The minimum Gasteiger partial charge on any atom is -0.496 e. The van der Waals surface area contributed by atoms with Crippen molar-refractivity contribution in [1.82, 2.24) is 15.2 Å². The fraction of sp³-hybridized carbons (Fsp3) is 0.105. The molecule has 3 rings (SSSR count). The van der Waals surface area contributed by atoms with E-state index in [0.717, 1.165) is 10.0 Å². The van der Waals surface area contributed by atoms with E-state index in [-0.39, 0.29) is 12.2 Å². The number of carbonyl (C=O) groups is 1. The molecule has 0 bridgehead atoms. The van der Waals surface area contributed by atoms with E-state index in [0.29, 0.717) is 11.3 Å². The van der Waals surface area contributed by atoms with Crippen LogP contribution in [-0.2, 0) is 6.54 Å². The van der Waals surface area contributed by atoms with Crippen molar-refractivity contribution in [1.29, 1.82) is 0 Å². The molecule has 1 aromatic heterocycles. The molecule has 0 aliphatic heterocycles. The SMILES string of the molecule is COc1ccccc1/C=N/NC(=O)c1nn(Cc2ccc(Br)cc2)cc1[N+](=O)[O-]. The normalized spacial score (nSPS) is 10.8. The first-order valence-corrected chi connectivity index (χ1v) is 9.20.